The van der Waals surface area contributed by atoms with Gasteiger partial charge < -0.3 is 10.6 Å². The van der Waals surface area contributed by atoms with Gasteiger partial charge in [-0.15, -0.1) is 0 Å². The molecule has 3 aromatic carbocycles. The summed E-state index contributed by atoms with van der Waals surface area (Å²) in [4.78, 5) is 24.7. The summed E-state index contributed by atoms with van der Waals surface area (Å²) in [5.74, 6) is -0.438. The van der Waals surface area contributed by atoms with Crippen molar-refractivity contribution >= 4 is 34.8 Å². The molecule has 3 aromatic rings. The van der Waals surface area contributed by atoms with Crippen LogP contribution in [0, 0.1) is 6.92 Å². The molecule has 6 heteroatoms. The SMILES string of the molecule is Cc1ccc(C(=O)NC(=S)Nc2ccc(C(=O)NC(C)c3ccccc3)cc2)cc1. The molecular weight excluding hydrogens is 394 g/mol. The van der Waals surface area contributed by atoms with Crippen molar-refractivity contribution in [1.82, 2.24) is 10.6 Å². The molecule has 3 N–H and O–H groups in total. The topological polar surface area (TPSA) is 70.2 Å². The van der Waals surface area contributed by atoms with E-state index in [2.05, 4.69) is 16.0 Å². The number of rotatable bonds is 5. The number of hydrogen-bond donors (Lipinski definition) is 3. The van der Waals surface area contributed by atoms with Crippen LogP contribution < -0.4 is 16.0 Å². The lowest BCUT2D eigenvalue weighted by Crippen LogP contribution is -2.34. The zero-order valence-corrected chi connectivity index (χ0v) is 17.6. The Morgan fingerprint density at radius 1 is 0.800 bits per heavy atom. The van der Waals surface area contributed by atoms with Gasteiger partial charge >= 0.3 is 0 Å². The van der Waals surface area contributed by atoms with Gasteiger partial charge in [0.25, 0.3) is 11.8 Å². The minimum atomic E-state index is -0.279. The maximum atomic E-state index is 12.5. The summed E-state index contributed by atoms with van der Waals surface area (Å²) in [5, 5.41) is 8.77. The highest BCUT2D eigenvalue weighted by molar-refractivity contribution is 7.80. The lowest BCUT2D eigenvalue weighted by Gasteiger charge is -2.15. The molecule has 0 saturated carbocycles. The van der Waals surface area contributed by atoms with Crippen LogP contribution in [0.25, 0.3) is 0 Å². The summed E-state index contributed by atoms with van der Waals surface area (Å²) < 4.78 is 0. The Labute approximate surface area is 181 Å². The highest BCUT2D eigenvalue weighted by Gasteiger charge is 2.12. The average molecular weight is 418 g/mol. The van der Waals surface area contributed by atoms with Crippen LogP contribution in [0.4, 0.5) is 5.69 Å². The molecule has 0 aliphatic rings. The van der Waals surface area contributed by atoms with Crippen LogP contribution in [-0.2, 0) is 0 Å². The number of benzene rings is 3. The number of hydrogen-bond acceptors (Lipinski definition) is 3. The summed E-state index contributed by atoms with van der Waals surface area (Å²) in [7, 11) is 0. The molecule has 0 aliphatic heterocycles. The van der Waals surface area contributed by atoms with Gasteiger partial charge in [-0.05, 0) is 68.0 Å². The summed E-state index contributed by atoms with van der Waals surface area (Å²) in [5.41, 5.74) is 3.87. The van der Waals surface area contributed by atoms with Gasteiger partial charge in [-0.2, -0.15) is 0 Å². The normalized spacial score (nSPS) is 11.3. The first-order valence-corrected chi connectivity index (χ1v) is 9.98. The molecule has 0 radical (unpaired) electrons. The van der Waals surface area contributed by atoms with Crippen molar-refractivity contribution in [2.24, 2.45) is 0 Å². The Hall–Kier alpha value is -3.51. The largest absolute Gasteiger partial charge is 0.346 e. The Morgan fingerprint density at radius 2 is 1.37 bits per heavy atom. The fraction of sp³-hybridized carbons (Fsp3) is 0.125. The number of aryl methyl sites for hydroxylation is 1. The van der Waals surface area contributed by atoms with E-state index < -0.39 is 0 Å². The molecular formula is C24H23N3O2S. The number of thiocarbonyl (C=S) groups is 1. The van der Waals surface area contributed by atoms with E-state index in [0.29, 0.717) is 16.8 Å². The predicted molar refractivity (Wildman–Crippen MR) is 124 cm³/mol. The molecule has 0 aliphatic carbocycles. The lowest BCUT2D eigenvalue weighted by atomic mass is 10.1. The lowest BCUT2D eigenvalue weighted by molar-refractivity contribution is 0.0938. The van der Waals surface area contributed by atoms with Crippen LogP contribution >= 0.6 is 12.2 Å². The van der Waals surface area contributed by atoms with Gasteiger partial charge in [0.05, 0.1) is 6.04 Å². The van der Waals surface area contributed by atoms with Crippen molar-refractivity contribution < 1.29 is 9.59 Å². The fourth-order valence-corrected chi connectivity index (χ4v) is 3.06. The quantitative estimate of drug-likeness (QED) is 0.530. The van der Waals surface area contributed by atoms with Gasteiger partial charge in [0.15, 0.2) is 5.11 Å². The van der Waals surface area contributed by atoms with Gasteiger partial charge in [0.1, 0.15) is 0 Å². The highest BCUT2D eigenvalue weighted by Crippen LogP contribution is 2.14. The Morgan fingerprint density at radius 3 is 2.00 bits per heavy atom. The van der Waals surface area contributed by atoms with E-state index in [-0.39, 0.29) is 23.0 Å². The average Bonchev–Trinajstić information content (AvgIpc) is 2.75. The molecule has 1 atom stereocenters. The molecule has 0 heterocycles. The number of carbonyl (C=O) groups excluding carboxylic acids is 2. The van der Waals surface area contributed by atoms with E-state index in [0.717, 1.165) is 11.1 Å². The third-order valence-electron chi connectivity index (χ3n) is 4.59. The van der Waals surface area contributed by atoms with Gasteiger partial charge in [-0.1, -0.05) is 48.0 Å². The maximum Gasteiger partial charge on any atom is 0.257 e. The molecule has 0 saturated heterocycles. The molecule has 152 valence electrons. The predicted octanol–water partition coefficient (Wildman–Crippen LogP) is 4.61. The van der Waals surface area contributed by atoms with Gasteiger partial charge in [-0.3, -0.25) is 14.9 Å². The zero-order valence-electron chi connectivity index (χ0n) is 16.8. The smallest absolute Gasteiger partial charge is 0.257 e. The van der Waals surface area contributed by atoms with E-state index in [1.165, 1.54) is 0 Å². The first-order chi connectivity index (χ1) is 14.4. The molecule has 2 amide bonds. The maximum absolute atomic E-state index is 12.5. The molecule has 0 spiro atoms. The minimum absolute atomic E-state index is 0.0962. The Kier molecular flexibility index (Phi) is 6.93. The third-order valence-corrected chi connectivity index (χ3v) is 4.80. The molecule has 0 fully saturated rings. The molecule has 1 unspecified atom stereocenters. The highest BCUT2D eigenvalue weighted by atomic mass is 32.1. The minimum Gasteiger partial charge on any atom is -0.346 e. The van der Waals surface area contributed by atoms with E-state index in [1.807, 2.05) is 56.3 Å². The first kappa shape index (κ1) is 21.2. The Balaban J connectivity index is 1.54. The van der Waals surface area contributed by atoms with Crippen molar-refractivity contribution in [2.45, 2.75) is 19.9 Å². The number of nitrogens with one attached hydrogen (secondary N) is 3. The molecule has 5 nitrogen and oxygen atoms in total. The molecule has 30 heavy (non-hydrogen) atoms. The van der Waals surface area contributed by atoms with Crippen molar-refractivity contribution in [3.63, 3.8) is 0 Å². The van der Waals surface area contributed by atoms with Gasteiger partial charge in [0.2, 0.25) is 0 Å². The van der Waals surface area contributed by atoms with Crippen LogP contribution in [0.2, 0.25) is 0 Å². The van der Waals surface area contributed by atoms with Gasteiger partial charge in [-0.25, -0.2) is 0 Å². The third kappa shape index (κ3) is 5.75. The fourth-order valence-electron chi connectivity index (χ4n) is 2.85. The van der Waals surface area contributed by atoms with Crippen LogP contribution in [0.1, 0.15) is 44.8 Å². The summed E-state index contributed by atoms with van der Waals surface area (Å²) >= 11 is 5.21. The van der Waals surface area contributed by atoms with Crippen LogP contribution in [0.3, 0.4) is 0 Å². The number of anilines is 1. The van der Waals surface area contributed by atoms with Crippen molar-refractivity contribution in [3.8, 4) is 0 Å². The second kappa shape index (κ2) is 9.80. The van der Waals surface area contributed by atoms with Crippen molar-refractivity contribution in [3.05, 3.63) is 101 Å². The van der Waals surface area contributed by atoms with Crippen LogP contribution in [-0.4, -0.2) is 16.9 Å². The Bertz CT molecular complexity index is 1030. The second-order valence-corrected chi connectivity index (χ2v) is 7.37. The summed E-state index contributed by atoms with van der Waals surface area (Å²) in [6, 6.07) is 23.8. The van der Waals surface area contributed by atoms with E-state index >= 15 is 0 Å². The zero-order chi connectivity index (χ0) is 21.5. The van der Waals surface area contributed by atoms with Crippen molar-refractivity contribution in [1.29, 1.82) is 0 Å². The van der Waals surface area contributed by atoms with E-state index in [4.69, 9.17) is 12.2 Å². The van der Waals surface area contributed by atoms with Crippen molar-refractivity contribution in [2.75, 3.05) is 5.32 Å². The number of amides is 2. The molecule has 0 aromatic heterocycles. The summed E-state index contributed by atoms with van der Waals surface area (Å²) in [6.45, 7) is 3.90. The number of carbonyl (C=O) groups is 2. The standard InChI is InChI=1S/C24H23N3O2S/c1-16-8-10-19(11-9-16)23(29)27-24(30)26-21-14-12-20(13-15-21)22(28)25-17(2)18-6-4-3-5-7-18/h3-15,17H,1-2H3,(H,25,28)(H2,26,27,29,30). The van der Waals surface area contributed by atoms with E-state index in [1.54, 1.807) is 36.4 Å². The van der Waals surface area contributed by atoms with E-state index in [9.17, 15) is 9.59 Å². The first-order valence-electron chi connectivity index (χ1n) is 9.57. The second-order valence-electron chi connectivity index (χ2n) is 6.96. The van der Waals surface area contributed by atoms with Crippen LogP contribution in [0.5, 0.6) is 0 Å². The molecule has 3 rings (SSSR count). The summed E-state index contributed by atoms with van der Waals surface area (Å²) in [6.07, 6.45) is 0. The molecule has 0 bridgehead atoms. The van der Waals surface area contributed by atoms with Gasteiger partial charge in [0, 0.05) is 16.8 Å². The van der Waals surface area contributed by atoms with Crippen LogP contribution in [0.15, 0.2) is 78.9 Å². The monoisotopic (exact) mass is 417 g/mol.